The Morgan fingerprint density at radius 2 is 2.15 bits per heavy atom. The van der Waals surface area contributed by atoms with Gasteiger partial charge in [-0.05, 0) is 12.1 Å². The molecule has 6 nitrogen and oxygen atoms in total. The van der Waals surface area contributed by atoms with Crippen LogP contribution < -0.4 is 10.6 Å². The van der Waals surface area contributed by atoms with E-state index in [4.69, 9.17) is 10.9 Å². The number of hydrogen-bond donors (Lipinski definition) is 2. The van der Waals surface area contributed by atoms with Crippen LogP contribution in [-0.4, -0.2) is 26.9 Å². The number of amidine groups is 1. The van der Waals surface area contributed by atoms with Gasteiger partial charge in [-0.2, -0.15) is 4.37 Å². The van der Waals surface area contributed by atoms with Crippen molar-refractivity contribution in [3.05, 3.63) is 36.2 Å². The van der Waals surface area contributed by atoms with Crippen molar-refractivity contribution in [2.24, 2.45) is 10.9 Å². The third-order valence-electron chi connectivity index (χ3n) is 2.79. The molecular formula is C13H17N5OS. The topological polar surface area (TPSA) is 87.6 Å². The van der Waals surface area contributed by atoms with E-state index in [9.17, 15) is 0 Å². The van der Waals surface area contributed by atoms with Gasteiger partial charge in [-0.15, -0.1) is 0 Å². The Kier molecular flexibility index (Phi) is 4.89. The van der Waals surface area contributed by atoms with Gasteiger partial charge in [0.2, 0.25) is 5.13 Å². The largest absolute Gasteiger partial charge is 0.409 e. The molecule has 0 spiro atoms. The highest BCUT2D eigenvalue weighted by Gasteiger charge is 2.14. The first-order valence-electron chi connectivity index (χ1n) is 6.36. The van der Waals surface area contributed by atoms with Gasteiger partial charge in [0.25, 0.3) is 0 Å². The van der Waals surface area contributed by atoms with Gasteiger partial charge in [0, 0.05) is 36.6 Å². The summed E-state index contributed by atoms with van der Waals surface area (Å²) >= 11 is 1.36. The standard InChI is InChI=1S/C13H17N5OS/c1-2-12-15-13(20-17-12)18(9-8-11(14)16-19)10-6-4-3-5-7-10/h3-7,19H,2,8-9H2,1H3,(H2,14,16). The fourth-order valence-corrected chi connectivity index (χ4v) is 2.52. The van der Waals surface area contributed by atoms with Gasteiger partial charge in [-0.1, -0.05) is 30.3 Å². The Balaban J connectivity index is 2.24. The quantitative estimate of drug-likeness (QED) is 0.369. The van der Waals surface area contributed by atoms with Crippen LogP contribution in [0.1, 0.15) is 19.2 Å². The zero-order chi connectivity index (χ0) is 14.4. The fraction of sp³-hybridized carbons (Fsp3) is 0.308. The van der Waals surface area contributed by atoms with Crippen molar-refractivity contribution >= 4 is 28.2 Å². The molecule has 1 aromatic carbocycles. The minimum absolute atomic E-state index is 0.200. The summed E-state index contributed by atoms with van der Waals surface area (Å²) in [6, 6.07) is 9.89. The average Bonchev–Trinajstić information content (AvgIpc) is 2.97. The third-order valence-corrected chi connectivity index (χ3v) is 3.57. The first-order valence-corrected chi connectivity index (χ1v) is 7.13. The maximum atomic E-state index is 8.65. The molecule has 0 aliphatic heterocycles. The number of para-hydroxylation sites is 1. The van der Waals surface area contributed by atoms with Crippen LogP contribution in [-0.2, 0) is 6.42 Å². The van der Waals surface area contributed by atoms with Crippen LogP contribution >= 0.6 is 11.5 Å². The Labute approximate surface area is 121 Å². The Hall–Kier alpha value is -2.15. The van der Waals surface area contributed by atoms with Gasteiger partial charge in [0.1, 0.15) is 11.7 Å². The average molecular weight is 291 g/mol. The molecule has 0 aliphatic carbocycles. The number of oxime groups is 1. The van der Waals surface area contributed by atoms with Gasteiger partial charge in [-0.3, -0.25) is 0 Å². The molecule has 0 fully saturated rings. The van der Waals surface area contributed by atoms with Crippen molar-refractivity contribution in [3.8, 4) is 0 Å². The van der Waals surface area contributed by atoms with Crippen molar-refractivity contribution < 1.29 is 5.21 Å². The van der Waals surface area contributed by atoms with E-state index in [2.05, 4.69) is 14.5 Å². The fourth-order valence-electron chi connectivity index (χ4n) is 1.72. The van der Waals surface area contributed by atoms with Crippen LogP contribution in [0.2, 0.25) is 0 Å². The summed E-state index contributed by atoms with van der Waals surface area (Å²) in [5.74, 6) is 1.03. The molecule has 0 bridgehead atoms. The third kappa shape index (κ3) is 3.45. The summed E-state index contributed by atoms with van der Waals surface area (Å²) < 4.78 is 4.31. The Morgan fingerprint density at radius 1 is 1.40 bits per heavy atom. The summed E-state index contributed by atoms with van der Waals surface area (Å²) in [5.41, 5.74) is 6.56. The summed E-state index contributed by atoms with van der Waals surface area (Å²) in [5, 5.41) is 12.5. The Bertz CT molecular complexity index is 569. The lowest BCUT2D eigenvalue weighted by Gasteiger charge is -2.21. The van der Waals surface area contributed by atoms with Gasteiger partial charge in [0.15, 0.2) is 0 Å². The first-order chi connectivity index (χ1) is 9.74. The van der Waals surface area contributed by atoms with E-state index in [0.717, 1.165) is 23.1 Å². The van der Waals surface area contributed by atoms with E-state index in [0.29, 0.717) is 13.0 Å². The molecule has 20 heavy (non-hydrogen) atoms. The normalized spacial score (nSPS) is 11.6. The molecule has 2 aromatic rings. The summed E-state index contributed by atoms with van der Waals surface area (Å²) in [7, 11) is 0. The van der Waals surface area contributed by atoms with Crippen LogP contribution in [0.4, 0.5) is 10.8 Å². The lowest BCUT2D eigenvalue weighted by atomic mass is 10.3. The molecule has 0 saturated heterocycles. The molecule has 0 aliphatic rings. The van der Waals surface area contributed by atoms with Gasteiger partial charge >= 0.3 is 0 Å². The molecule has 106 valence electrons. The summed E-state index contributed by atoms with van der Waals surface area (Å²) in [4.78, 5) is 6.52. The highest BCUT2D eigenvalue weighted by molar-refractivity contribution is 7.09. The number of aromatic nitrogens is 2. The first kappa shape index (κ1) is 14.3. The van der Waals surface area contributed by atoms with Gasteiger partial charge in [-0.25, -0.2) is 4.98 Å². The molecule has 0 unspecified atom stereocenters. The van der Waals surface area contributed by atoms with Crippen LogP contribution in [0.3, 0.4) is 0 Å². The van der Waals surface area contributed by atoms with E-state index >= 15 is 0 Å². The second-order valence-electron chi connectivity index (χ2n) is 4.18. The molecule has 7 heteroatoms. The van der Waals surface area contributed by atoms with E-state index in [1.54, 1.807) is 0 Å². The maximum Gasteiger partial charge on any atom is 0.209 e. The van der Waals surface area contributed by atoms with Crippen LogP contribution in [0, 0.1) is 0 Å². The molecule has 1 aromatic heterocycles. The second-order valence-corrected chi connectivity index (χ2v) is 4.91. The molecule has 2 rings (SSSR count). The summed E-state index contributed by atoms with van der Waals surface area (Å²) in [6.07, 6.45) is 1.26. The predicted octanol–water partition coefficient (Wildman–Crippen LogP) is 2.38. The van der Waals surface area contributed by atoms with Crippen LogP contribution in [0.5, 0.6) is 0 Å². The molecule has 0 saturated carbocycles. The van der Waals surface area contributed by atoms with Crippen LogP contribution in [0.25, 0.3) is 0 Å². The van der Waals surface area contributed by atoms with E-state index in [-0.39, 0.29) is 5.84 Å². The smallest absolute Gasteiger partial charge is 0.209 e. The van der Waals surface area contributed by atoms with E-state index < -0.39 is 0 Å². The predicted molar refractivity (Wildman–Crippen MR) is 80.8 cm³/mol. The number of anilines is 2. The minimum Gasteiger partial charge on any atom is -0.409 e. The summed E-state index contributed by atoms with van der Waals surface area (Å²) in [6.45, 7) is 2.60. The van der Waals surface area contributed by atoms with E-state index in [1.165, 1.54) is 11.5 Å². The molecule has 0 amide bonds. The molecule has 0 radical (unpaired) electrons. The minimum atomic E-state index is 0.200. The number of hydrogen-bond acceptors (Lipinski definition) is 6. The van der Waals surface area contributed by atoms with Gasteiger partial charge in [0.05, 0.1) is 0 Å². The highest BCUT2D eigenvalue weighted by atomic mass is 32.1. The molecule has 0 atom stereocenters. The Morgan fingerprint density at radius 3 is 2.75 bits per heavy atom. The van der Waals surface area contributed by atoms with Crippen molar-refractivity contribution in [2.45, 2.75) is 19.8 Å². The SMILES string of the molecule is CCc1nsc(N(CCC(N)=NO)c2ccccc2)n1. The van der Waals surface area contributed by atoms with Crippen molar-refractivity contribution in [3.63, 3.8) is 0 Å². The number of benzene rings is 1. The van der Waals surface area contributed by atoms with Crippen molar-refractivity contribution in [1.29, 1.82) is 0 Å². The van der Waals surface area contributed by atoms with Crippen molar-refractivity contribution in [2.75, 3.05) is 11.4 Å². The number of aryl methyl sites for hydroxylation is 1. The lowest BCUT2D eigenvalue weighted by Crippen LogP contribution is -2.24. The zero-order valence-corrected chi connectivity index (χ0v) is 12.0. The maximum absolute atomic E-state index is 8.65. The molecule has 1 heterocycles. The zero-order valence-electron chi connectivity index (χ0n) is 11.2. The van der Waals surface area contributed by atoms with Crippen LogP contribution in [0.15, 0.2) is 35.5 Å². The number of rotatable bonds is 6. The lowest BCUT2D eigenvalue weighted by molar-refractivity contribution is 0.317. The highest BCUT2D eigenvalue weighted by Crippen LogP contribution is 2.27. The second kappa shape index (κ2) is 6.85. The monoisotopic (exact) mass is 291 g/mol. The molecule has 3 N–H and O–H groups in total. The molecular weight excluding hydrogens is 274 g/mol. The van der Waals surface area contributed by atoms with Gasteiger partial charge < -0.3 is 15.8 Å². The van der Waals surface area contributed by atoms with Crippen molar-refractivity contribution in [1.82, 2.24) is 9.36 Å². The number of nitrogens with zero attached hydrogens (tertiary/aromatic N) is 4. The van der Waals surface area contributed by atoms with E-state index in [1.807, 2.05) is 42.2 Å². The number of nitrogens with two attached hydrogens (primary N) is 1.